The lowest BCUT2D eigenvalue weighted by molar-refractivity contribution is -0.141. The minimum Gasteiger partial charge on any atom is -0.480 e. The van der Waals surface area contributed by atoms with Crippen molar-refractivity contribution in [3.63, 3.8) is 0 Å². The zero-order valence-corrected chi connectivity index (χ0v) is 10.9. The summed E-state index contributed by atoms with van der Waals surface area (Å²) in [5.41, 5.74) is 1.01. The number of halogens is 1. The van der Waals surface area contributed by atoms with Crippen LogP contribution in [0.15, 0.2) is 28.9 Å². The van der Waals surface area contributed by atoms with Crippen molar-refractivity contribution < 1.29 is 23.5 Å². The number of carbonyl (C=O) groups excluding carboxylic acids is 1. The third-order valence-corrected chi connectivity index (χ3v) is 3.01. The zero-order chi connectivity index (χ0) is 14.7. The summed E-state index contributed by atoms with van der Waals surface area (Å²) in [6, 6.07) is 3.12. The van der Waals surface area contributed by atoms with Crippen LogP contribution in [0.4, 0.5) is 4.39 Å². The predicted octanol–water partition coefficient (Wildman–Crippen LogP) is 2.09. The number of carbonyl (C=O) groups is 2. The Morgan fingerprint density at radius 1 is 1.45 bits per heavy atom. The number of aliphatic carboxylic acids is 1. The van der Waals surface area contributed by atoms with Gasteiger partial charge in [-0.2, -0.15) is 0 Å². The van der Waals surface area contributed by atoms with E-state index in [0.717, 1.165) is 0 Å². The minimum atomic E-state index is -1.08. The first-order valence-corrected chi connectivity index (χ1v) is 6.19. The number of fused-ring (bicyclic) bond motifs is 1. The van der Waals surface area contributed by atoms with E-state index >= 15 is 0 Å². The number of rotatable bonds is 5. The average molecular weight is 279 g/mol. The molecule has 2 aromatic rings. The molecule has 0 aliphatic heterocycles. The summed E-state index contributed by atoms with van der Waals surface area (Å²) >= 11 is 0. The van der Waals surface area contributed by atoms with Gasteiger partial charge in [0.05, 0.1) is 12.7 Å². The lowest BCUT2D eigenvalue weighted by Gasteiger charge is -2.11. The molecule has 0 bridgehead atoms. The van der Waals surface area contributed by atoms with Gasteiger partial charge < -0.3 is 14.8 Å². The second-order valence-electron chi connectivity index (χ2n) is 4.44. The summed E-state index contributed by atoms with van der Waals surface area (Å²) in [5.74, 6) is -1.94. The quantitative estimate of drug-likeness (QED) is 0.878. The van der Waals surface area contributed by atoms with Crippen LogP contribution in [0.25, 0.3) is 11.0 Å². The molecular formula is C14H14FNO4. The van der Waals surface area contributed by atoms with Crippen molar-refractivity contribution >= 4 is 22.8 Å². The third-order valence-electron chi connectivity index (χ3n) is 3.01. The second-order valence-corrected chi connectivity index (χ2v) is 4.44. The van der Waals surface area contributed by atoms with E-state index in [-0.39, 0.29) is 6.42 Å². The average Bonchev–Trinajstić information content (AvgIpc) is 2.78. The molecule has 106 valence electrons. The fourth-order valence-corrected chi connectivity index (χ4v) is 1.95. The summed E-state index contributed by atoms with van der Waals surface area (Å²) in [7, 11) is 0. The fourth-order valence-electron chi connectivity index (χ4n) is 1.95. The van der Waals surface area contributed by atoms with Gasteiger partial charge in [0.15, 0.2) is 0 Å². The molecule has 1 aromatic heterocycles. The molecule has 0 fully saturated rings. The molecule has 1 heterocycles. The van der Waals surface area contributed by atoms with Crippen LogP contribution < -0.4 is 5.32 Å². The van der Waals surface area contributed by atoms with E-state index in [9.17, 15) is 14.0 Å². The number of nitrogens with one attached hydrogen (secondary N) is 1. The summed E-state index contributed by atoms with van der Waals surface area (Å²) in [4.78, 5) is 22.6. The highest BCUT2D eigenvalue weighted by Crippen LogP contribution is 2.22. The van der Waals surface area contributed by atoms with Gasteiger partial charge in [0.25, 0.3) is 0 Å². The molecule has 1 amide bonds. The highest BCUT2D eigenvalue weighted by molar-refractivity contribution is 5.89. The van der Waals surface area contributed by atoms with Gasteiger partial charge in [0, 0.05) is 10.9 Å². The maximum Gasteiger partial charge on any atom is 0.326 e. The molecule has 2 N–H and O–H groups in total. The molecule has 1 atom stereocenters. The molecular weight excluding hydrogens is 265 g/mol. The monoisotopic (exact) mass is 279 g/mol. The van der Waals surface area contributed by atoms with Crippen LogP contribution in [0.3, 0.4) is 0 Å². The molecule has 0 aliphatic carbocycles. The minimum absolute atomic E-state index is 0.0553. The van der Waals surface area contributed by atoms with Crippen LogP contribution in [-0.4, -0.2) is 23.0 Å². The van der Waals surface area contributed by atoms with E-state index in [4.69, 9.17) is 9.52 Å². The predicted molar refractivity (Wildman–Crippen MR) is 69.7 cm³/mol. The van der Waals surface area contributed by atoms with Gasteiger partial charge in [-0.05, 0) is 24.6 Å². The van der Waals surface area contributed by atoms with E-state index in [0.29, 0.717) is 23.0 Å². The molecule has 5 nitrogen and oxygen atoms in total. The Balaban J connectivity index is 2.14. The van der Waals surface area contributed by atoms with Crippen molar-refractivity contribution in [1.29, 1.82) is 0 Å². The number of benzene rings is 1. The molecule has 2 rings (SSSR count). The SMILES string of the molecule is CCC(NC(=O)Cc1coc2ccc(F)cc12)C(=O)O. The van der Waals surface area contributed by atoms with Crippen LogP contribution in [0.5, 0.6) is 0 Å². The van der Waals surface area contributed by atoms with Crippen LogP contribution in [0.1, 0.15) is 18.9 Å². The maximum absolute atomic E-state index is 13.2. The summed E-state index contributed by atoms with van der Waals surface area (Å²) in [6.45, 7) is 1.67. The van der Waals surface area contributed by atoms with E-state index < -0.39 is 23.7 Å². The lowest BCUT2D eigenvalue weighted by Crippen LogP contribution is -2.40. The van der Waals surface area contributed by atoms with Gasteiger partial charge in [-0.3, -0.25) is 4.79 Å². The van der Waals surface area contributed by atoms with E-state index in [1.807, 2.05) is 0 Å². The Labute approximate surface area is 114 Å². The third kappa shape index (κ3) is 2.96. The topological polar surface area (TPSA) is 79.5 Å². The van der Waals surface area contributed by atoms with Crippen LogP contribution in [0.2, 0.25) is 0 Å². The van der Waals surface area contributed by atoms with Crippen LogP contribution >= 0.6 is 0 Å². The number of furan rings is 1. The van der Waals surface area contributed by atoms with Crippen molar-refractivity contribution in [3.8, 4) is 0 Å². The highest BCUT2D eigenvalue weighted by Gasteiger charge is 2.18. The van der Waals surface area contributed by atoms with E-state index in [2.05, 4.69) is 5.32 Å². The molecule has 0 aliphatic rings. The van der Waals surface area contributed by atoms with Gasteiger partial charge in [-0.25, -0.2) is 9.18 Å². The molecule has 1 aromatic carbocycles. The smallest absolute Gasteiger partial charge is 0.326 e. The Kier molecular flexibility index (Phi) is 4.02. The first-order chi connectivity index (χ1) is 9.51. The van der Waals surface area contributed by atoms with Crippen molar-refractivity contribution in [1.82, 2.24) is 5.32 Å². The van der Waals surface area contributed by atoms with E-state index in [1.54, 1.807) is 6.92 Å². The second kappa shape index (κ2) is 5.73. The summed E-state index contributed by atoms with van der Waals surface area (Å²) in [5, 5.41) is 11.8. The van der Waals surface area contributed by atoms with Gasteiger partial charge >= 0.3 is 5.97 Å². The number of hydrogen-bond donors (Lipinski definition) is 2. The fraction of sp³-hybridized carbons (Fsp3) is 0.286. The molecule has 6 heteroatoms. The van der Waals surface area contributed by atoms with Crippen LogP contribution in [-0.2, 0) is 16.0 Å². The van der Waals surface area contributed by atoms with Crippen molar-refractivity contribution in [2.24, 2.45) is 0 Å². The van der Waals surface area contributed by atoms with Crippen molar-refractivity contribution in [2.75, 3.05) is 0 Å². The lowest BCUT2D eigenvalue weighted by atomic mass is 10.1. The first-order valence-electron chi connectivity index (χ1n) is 6.19. The highest BCUT2D eigenvalue weighted by atomic mass is 19.1. The number of carboxylic acids is 1. The zero-order valence-electron chi connectivity index (χ0n) is 10.9. The van der Waals surface area contributed by atoms with Crippen LogP contribution in [0, 0.1) is 5.82 Å². The van der Waals surface area contributed by atoms with E-state index in [1.165, 1.54) is 24.5 Å². The Morgan fingerprint density at radius 2 is 2.20 bits per heavy atom. The maximum atomic E-state index is 13.2. The van der Waals surface area contributed by atoms with Crippen molar-refractivity contribution in [2.45, 2.75) is 25.8 Å². The standard InChI is InChI=1S/C14H14FNO4/c1-2-11(14(18)19)16-13(17)5-8-7-20-12-4-3-9(15)6-10(8)12/h3-4,6-7,11H,2,5H2,1H3,(H,16,17)(H,18,19). The van der Waals surface area contributed by atoms with Gasteiger partial charge in [0.2, 0.25) is 5.91 Å². The molecule has 20 heavy (non-hydrogen) atoms. The Hall–Kier alpha value is -2.37. The molecule has 0 saturated heterocycles. The van der Waals surface area contributed by atoms with Crippen molar-refractivity contribution in [3.05, 3.63) is 35.8 Å². The number of amides is 1. The Bertz CT molecular complexity index is 650. The number of carboxylic acid groups (broad SMARTS) is 1. The largest absolute Gasteiger partial charge is 0.480 e. The molecule has 0 spiro atoms. The summed E-state index contributed by atoms with van der Waals surface area (Å²) < 4.78 is 18.4. The Morgan fingerprint density at radius 3 is 2.85 bits per heavy atom. The first kappa shape index (κ1) is 14.0. The molecule has 0 radical (unpaired) electrons. The number of hydrogen-bond acceptors (Lipinski definition) is 3. The molecule has 0 saturated carbocycles. The molecule has 1 unspecified atom stereocenters. The summed E-state index contributed by atoms with van der Waals surface area (Å²) in [6.07, 6.45) is 1.62. The van der Waals surface area contributed by atoms with Gasteiger partial charge in [0.1, 0.15) is 17.4 Å². The van der Waals surface area contributed by atoms with Gasteiger partial charge in [-0.1, -0.05) is 6.92 Å². The normalized spacial score (nSPS) is 12.3. The van der Waals surface area contributed by atoms with Gasteiger partial charge in [-0.15, -0.1) is 0 Å².